The SMILES string of the molecule is O=C(O)c1cc(I)cn1CCc1cccc(F)c1. The standard InChI is InChI=1S/C13H11FINO2/c14-10-3-1-2-9(6-10)4-5-16-8-11(15)7-12(16)13(17)18/h1-3,6-8H,4-5H2,(H,17,18). The molecule has 0 spiro atoms. The highest BCUT2D eigenvalue weighted by molar-refractivity contribution is 14.1. The van der Waals surface area contributed by atoms with Crippen LogP contribution < -0.4 is 0 Å². The molecule has 0 aliphatic rings. The zero-order valence-corrected chi connectivity index (χ0v) is 11.6. The zero-order valence-electron chi connectivity index (χ0n) is 9.44. The number of aromatic nitrogens is 1. The van der Waals surface area contributed by atoms with Gasteiger partial charge in [0.25, 0.3) is 0 Å². The number of halogens is 2. The van der Waals surface area contributed by atoms with E-state index >= 15 is 0 Å². The second-order valence-electron chi connectivity index (χ2n) is 3.92. The number of carboxylic acid groups (broad SMARTS) is 1. The lowest BCUT2D eigenvalue weighted by molar-refractivity contribution is 0.0685. The minimum Gasteiger partial charge on any atom is -0.477 e. The molecule has 94 valence electrons. The second-order valence-corrected chi connectivity index (χ2v) is 5.17. The lowest BCUT2D eigenvalue weighted by Gasteiger charge is -2.06. The smallest absolute Gasteiger partial charge is 0.352 e. The van der Waals surface area contributed by atoms with Gasteiger partial charge < -0.3 is 9.67 Å². The van der Waals surface area contributed by atoms with Gasteiger partial charge in [-0.05, 0) is 52.8 Å². The number of aromatic carboxylic acids is 1. The Balaban J connectivity index is 2.13. The second kappa shape index (κ2) is 5.51. The average molecular weight is 359 g/mol. The Morgan fingerprint density at radius 1 is 1.39 bits per heavy atom. The Kier molecular flexibility index (Phi) is 4.00. The molecule has 1 N–H and O–H groups in total. The highest BCUT2D eigenvalue weighted by Crippen LogP contribution is 2.13. The van der Waals surface area contributed by atoms with Crippen molar-refractivity contribution in [1.82, 2.24) is 4.57 Å². The predicted molar refractivity (Wildman–Crippen MR) is 74.2 cm³/mol. The number of carbonyl (C=O) groups is 1. The summed E-state index contributed by atoms with van der Waals surface area (Å²) in [5, 5.41) is 9.04. The predicted octanol–water partition coefficient (Wildman–Crippen LogP) is 3.17. The molecule has 2 rings (SSSR count). The van der Waals surface area contributed by atoms with E-state index in [1.54, 1.807) is 22.9 Å². The van der Waals surface area contributed by atoms with Gasteiger partial charge in [-0.3, -0.25) is 0 Å². The maximum Gasteiger partial charge on any atom is 0.352 e. The number of rotatable bonds is 4. The molecule has 1 heterocycles. The monoisotopic (exact) mass is 359 g/mol. The van der Waals surface area contributed by atoms with Gasteiger partial charge in [-0.15, -0.1) is 0 Å². The van der Waals surface area contributed by atoms with E-state index in [-0.39, 0.29) is 11.5 Å². The third-order valence-electron chi connectivity index (χ3n) is 2.61. The summed E-state index contributed by atoms with van der Waals surface area (Å²) < 4.78 is 15.6. The summed E-state index contributed by atoms with van der Waals surface area (Å²) in [6.45, 7) is 0.522. The lowest BCUT2D eigenvalue weighted by atomic mass is 10.1. The number of nitrogens with zero attached hydrogens (tertiary/aromatic N) is 1. The van der Waals surface area contributed by atoms with Crippen molar-refractivity contribution in [2.24, 2.45) is 0 Å². The molecule has 0 saturated heterocycles. The largest absolute Gasteiger partial charge is 0.477 e. The number of hydrogen-bond acceptors (Lipinski definition) is 1. The molecule has 1 aromatic carbocycles. The highest BCUT2D eigenvalue weighted by atomic mass is 127. The van der Waals surface area contributed by atoms with Gasteiger partial charge in [0, 0.05) is 16.3 Å². The Hall–Kier alpha value is -1.37. The fourth-order valence-corrected chi connectivity index (χ4v) is 2.41. The molecule has 0 aliphatic carbocycles. The van der Waals surface area contributed by atoms with E-state index in [0.29, 0.717) is 13.0 Å². The van der Waals surface area contributed by atoms with E-state index in [2.05, 4.69) is 22.6 Å². The molecule has 0 bridgehead atoms. The van der Waals surface area contributed by atoms with Crippen molar-refractivity contribution >= 4 is 28.6 Å². The van der Waals surface area contributed by atoms with Crippen molar-refractivity contribution in [3.05, 3.63) is 57.2 Å². The van der Waals surface area contributed by atoms with E-state index in [0.717, 1.165) is 9.13 Å². The molecule has 1 aromatic heterocycles. The van der Waals surface area contributed by atoms with Crippen LogP contribution in [0.2, 0.25) is 0 Å². The third kappa shape index (κ3) is 3.10. The van der Waals surface area contributed by atoms with Gasteiger partial charge in [0.05, 0.1) is 0 Å². The Labute approximate surface area is 117 Å². The summed E-state index contributed by atoms with van der Waals surface area (Å²) in [6, 6.07) is 7.97. The minimum absolute atomic E-state index is 0.260. The van der Waals surface area contributed by atoms with Crippen LogP contribution in [-0.2, 0) is 13.0 Å². The first kappa shape index (κ1) is 13.1. The molecule has 5 heteroatoms. The van der Waals surface area contributed by atoms with Crippen LogP contribution in [-0.4, -0.2) is 15.6 Å². The Bertz CT molecular complexity index is 580. The van der Waals surface area contributed by atoms with Crippen molar-refractivity contribution in [3.8, 4) is 0 Å². The van der Waals surface area contributed by atoms with Crippen LogP contribution in [0.15, 0.2) is 36.5 Å². The van der Waals surface area contributed by atoms with Gasteiger partial charge in [0.15, 0.2) is 0 Å². The van der Waals surface area contributed by atoms with Crippen LogP contribution in [0.4, 0.5) is 4.39 Å². The molecule has 18 heavy (non-hydrogen) atoms. The summed E-state index contributed by atoms with van der Waals surface area (Å²) in [5.74, 6) is -1.22. The Morgan fingerprint density at radius 2 is 2.17 bits per heavy atom. The zero-order chi connectivity index (χ0) is 13.1. The molecule has 2 aromatic rings. The summed E-state index contributed by atoms with van der Waals surface area (Å²) in [6.07, 6.45) is 2.38. The molecule has 0 atom stereocenters. The van der Waals surface area contributed by atoms with Crippen molar-refractivity contribution in [1.29, 1.82) is 0 Å². The fraction of sp³-hybridized carbons (Fsp3) is 0.154. The van der Waals surface area contributed by atoms with E-state index in [1.165, 1.54) is 12.1 Å². The van der Waals surface area contributed by atoms with Crippen molar-refractivity contribution in [2.45, 2.75) is 13.0 Å². The molecule has 3 nitrogen and oxygen atoms in total. The van der Waals surface area contributed by atoms with Crippen LogP contribution in [0.5, 0.6) is 0 Å². The van der Waals surface area contributed by atoms with E-state index in [9.17, 15) is 9.18 Å². The summed E-state index contributed by atoms with van der Waals surface area (Å²) in [5.41, 5.74) is 1.12. The first-order chi connectivity index (χ1) is 8.56. The van der Waals surface area contributed by atoms with Gasteiger partial charge in [-0.1, -0.05) is 12.1 Å². The molecule has 0 fully saturated rings. The topological polar surface area (TPSA) is 42.2 Å². The normalized spacial score (nSPS) is 10.6. The third-order valence-corrected chi connectivity index (χ3v) is 3.20. The minimum atomic E-state index is -0.947. The van der Waals surface area contributed by atoms with Gasteiger partial charge in [-0.25, -0.2) is 9.18 Å². The Morgan fingerprint density at radius 3 is 2.83 bits per heavy atom. The number of carboxylic acids is 1. The molecule has 0 aliphatic heterocycles. The molecule has 0 saturated carbocycles. The first-order valence-corrected chi connectivity index (χ1v) is 6.47. The molecular weight excluding hydrogens is 348 g/mol. The van der Waals surface area contributed by atoms with Crippen LogP contribution in [0.3, 0.4) is 0 Å². The van der Waals surface area contributed by atoms with Crippen molar-refractivity contribution < 1.29 is 14.3 Å². The van der Waals surface area contributed by atoms with Crippen LogP contribution >= 0.6 is 22.6 Å². The van der Waals surface area contributed by atoms with E-state index < -0.39 is 5.97 Å². The van der Waals surface area contributed by atoms with Gasteiger partial charge >= 0.3 is 5.97 Å². The van der Waals surface area contributed by atoms with Crippen LogP contribution in [0, 0.1) is 9.39 Å². The molecule has 0 amide bonds. The number of benzene rings is 1. The number of hydrogen-bond donors (Lipinski definition) is 1. The summed E-state index contributed by atoms with van der Waals surface area (Å²) >= 11 is 2.08. The maximum absolute atomic E-state index is 13.0. The molecule has 0 unspecified atom stereocenters. The van der Waals surface area contributed by atoms with Gasteiger partial charge in [-0.2, -0.15) is 0 Å². The molecule has 0 radical (unpaired) electrons. The summed E-state index contributed by atoms with van der Waals surface area (Å²) in [4.78, 5) is 11.0. The summed E-state index contributed by atoms with van der Waals surface area (Å²) in [7, 11) is 0. The fourth-order valence-electron chi connectivity index (χ4n) is 1.78. The maximum atomic E-state index is 13.0. The van der Waals surface area contributed by atoms with Gasteiger partial charge in [0.1, 0.15) is 11.5 Å². The van der Waals surface area contributed by atoms with Gasteiger partial charge in [0.2, 0.25) is 0 Å². The first-order valence-electron chi connectivity index (χ1n) is 5.39. The van der Waals surface area contributed by atoms with Crippen molar-refractivity contribution in [3.63, 3.8) is 0 Å². The quantitative estimate of drug-likeness (QED) is 0.853. The van der Waals surface area contributed by atoms with Crippen LogP contribution in [0.25, 0.3) is 0 Å². The molecular formula is C13H11FINO2. The van der Waals surface area contributed by atoms with E-state index in [1.807, 2.05) is 6.07 Å². The number of aryl methyl sites for hydroxylation is 2. The van der Waals surface area contributed by atoms with E-state index in [4.69, 9.17) is 5.11 Å². The lowest BCUT2D eigenvalue weighted by Crippen LogP contribution is -2.09. The van der Waals surface area contributed by atoms with Crippen LogP contribution in [0.1, 0.15) is 16.1 Å². The van der Waals surface area contributed by atoms with Crippen molar-refractivity contribution in [2.75, 3.05) is 0 Å². The highest BCUT2D eigenvalue weighted by Gasteiger charge is 2.11. The average Bonchev–Trinajstić information content (AvgIpc) is 2.68.